The third kappa shape index (κ3) is 1.46. The first kappa shape index (κ1) is 8.69. The van der Waals surface area contributed by atoms with Crippen LogP contribution in [0.4, 0.5) is 0 Å². The van der Waals surface area contributed by atoms with E-state index in [0.29, 0.717) is 13.2 Å². The third-order valence-corrected chi connectivity index (χ3v) is 2.31. The van der Waals surface area contributed by atoms with E-state index in [-0.39, 0.29) is 5.41 Å². The molecule has 1 aliphatic heterocycles. The first-order chi connectivity index (χ1) is 6.24. The van der Waals surface area contributed by atoms with Crippen molar-refractivity contribution >= 4 is 0 Å². The molecule has 0 N–H and O–H groups in total. The Morgan fingerprint density at radius 3 is 2.77 bits per heavy atom. The fourth-order valence-corrected chi connectivity index (χ4v) is 1.35. The Morgan fingerprint density at radius 2 is 2.23 bits per heavy atom. The number of ether oxygens (including phenoxy) is 1. The number of aryl methyl sites for hydroxylation is 1. The fraction of sp³-hybridized carbons (Fsp3) is 0.778. The minimum atomic E-state index is -0.00447. The Morgan fingerprint density at radius 1 is 1.46 bits per heavy atom. The van der Waals surface area contributed by atoms with Crippen LogP contribution in [-0.4, -0.2) is 23.4 Å². The maximum Gasteiger partial charge on any atom is 0.226 e. The minimum Gasteiger partial charge on any atom is -0.379 e. The lowest BCUT2D eigenvalue weighted by Crippen LogP contribution is -2.44. The van der Waals surface area contributed by atoms with Gasteiger partial charge in [-0.25, -0.2) is 0 Å². The first-order valence-corrected chi connectivity index (χ1v) is 4.65. The van der Waals surface area contributed by atoms with Gasteiger partial charge in [0.05, 0.1) is 18.6 Å². The molecule has 0 amide bonds. The molecule has 1 fully saturated rings. The van der Waals surface area contributed by atoms with Gasteiger partial charge in [0, 0.05) is 6.42 Å². The predicted molar refractivity (Wildman–Crippen MR) is 46.5 cm³/mol. The summed E-state index contributed by atoms with van der Waals surface area (Å²) in [5.41, 5.74) is -0.00447. The molecule has 0 spiro atoms. The SMILES string of the molecule is CCCc1nc(C2(C)COC2)no1. The van der Waals surface area contributed by atoms with Crippen molar-refractivity contribution < 1.29 is 9.26 Å². The average Bonchev–Trinajstić information content (AvgIpc) is 2.50. The largest absolute Gasteiger partial charge is 0.379 e. The Labute approximate surface area is 77.3 Å². The number of nitrogens with zero attached hydrogens (tertiary/aromatic N) is 2. The molecule has 0 aliphatic carbocycles. The first-order valence-electron chi connectivity index (χ1n) is 4.65. The van der Waals surface area contributed by atoms with Gasteiger partial charge in [-0.05, 0) is 13.3 Å². The van der Waals surface area contributed by atoms with Crippen LogP contribution in [0.3, 0.4) is 0 Å². The van der Waals surface area contributed by atoms with Crippen LogP contribution in [0.2, 0.25) is 0 Å². The molecule has 1 saturated heterocycles. The van der Waals surface area contributed by atoms with Crippen molar-refractivity contribution in [1.29, 1.82) is 0 Å². The summed E-state index contributed by atoms with van der Waals surface area (Å²) in [4.78, 5) is 4.34. The zero-order valence-electron chi connectivity index (χ0n) is 8.04. The number of hydrogen-bond acceptors (Lipinski definition) is 4. The van der Waals surface area contributed by atoms with Crippen LogP contribution in [0.15, 0.2) is 4.52 Å². The second kappa shape index (κ2) is 3.10. The second-order valence-corrected chi connectivity index (χ2v) is 3.82. The highest BCUT2D eigenvalue weighted by atomic mass is 16.5. The molecule has 72 valence electrons. The van der Waals surface area contributed by atoms with Crippen molar-refractivity contribution in [2.45, 2.75) is 32.1 Å². The van der Waals surface area contributed by atoms with E-state index >= 15 is 0 Å². The minimum absolute atomic E-state index is 0.00447. The van der Waals surface area contributed by atoms with Crippen LogP contribution in [0.5, 0.6) is 0 Å². The molecule has 2 rings (SSSR count). The zero-order valence-corrected chi connectivity index (χ0v) is 8.04. The molecule has 1 aromatic rings. The van der Waals surface area contributed by atoms with Crippen molar-refractivity contribution in [2.75, 3.05) is 13.2 Å². The van der Waals surface area contributed by atoms with Crippen molar-refractivity contribution in [2.24, 2.45) is 0 Å². The molecule has 1 aliphatic rings. The molecular formula is C9H14N2O2. The summed E-state index contributed by atoms with van der Waals surface area (Å²) in [7, 11) is 0. The second-order valence-electron chi connectivity index (χ2n) is 3.82. The number of aromatic nitrogens is 2. The molecular weight excluding hydrogens is 168 g/mol. The van der Waals surface area contributed by atoms with E-state index in [2.05, 4.69) is 24.0 Å². The van der Waals surface area contributed by atoms with Crippen molar-refractivity contribution in [3.05, 3.63) is 11.7 Å². The Bertz CT molecular complexity index is 292. The van der Waals surface area contributed by atoms with E-state index in [9.17, 15) is 0 Å². The highest BCUT2D eigenvalue weighted by Crippen LogP contribution is 2.29. The third-order valence-electron chi connectivity index (χ3n) is 2.31. The molecule has 0 aromatic carbocycles. The van der Waals surface area contributed by atoms with Crippen LogP contribution < -0.4 is 0 Å². The Balaban J connectivity index is 2.12. The zero-order chi connectivity index (χ0) is 9.31. The van der Waals surface area contributed by atoms with Gasteiger partial charge in [-0.1, -0.05) is 12.1 Å². The molecule has 13 heavy (non-hydrogen) atoms. The van der Waals surface area contributed by atoms with Crippen molar-refractivity contribution in [3.8, 4) is 0 Å². The van der Waals surface area contributed by atoms with E-state index in [0.717, 1.165) is 24.6 Å². The topological polar surface area (TPSA) is 48.2 Å². The normalized spacial score (nSPS) is 19.8. The van der Waals surface area contributed by atoms with Crippen LogP contribution in [-0.2, 0) is 16.6 Å². The van der Waals surface area contributed by atoms with E-state index in [1.165, 1.54) is 0 Å². The average molecular weight is 182 g/mol. The van der Waals surface area contributed by atoms with Gasteiger partial charge in [-0.2, -0.15) is 4.98 Å². The van der Waals surface area contributed by atoms with Crippen molar-refractivity contribution in [3.63, 3.8) is 0 Å². The summed E-state index contributed by atoms with van der Waals surface area (Å²) in [6, 6.07) is 0. The summed E-state index contributed by atoms with van der Waals surface area (Å²) in [6.45, 7) is 5.60. The maximum atomic E-state index is 5.14. The van der Waals surface area contributed by atoms with Crippen LogP contribution in [0, 0.1) is 0 Å². The van der Waals surface area contributed by atoms with Gasteiger partial charge in [0.15, 0.2) is 5.82 Å². The van der Waals surface area contributed by atoms with Crippen molar-refractivity contribution in [1.82, 2.24) is 10.1 Å². The highest BCUT2D eigenvalue weighted by molar-refractivity contribution is 5.09. The Kier molecular flexibility index (Phi) is 2.07. The standard InChI is InChI=1S/C9H14N2O2/c1-3-4-7-10-8(11-13-7)9(2)5-12-6-9/h3-6H2,1-2H3. The monoisotopic (exact) mass is 182 g/mol. The van der Waals surface area contributed by atoms with Gasteiger partial charge in [-0.3, -0.25) is 0 Å². The smallest absolute Gasteiger partial charge is 0.226 e. The van der Waals surface area contributed by atoms with Crippen LogP contribution in [0.1, 0.15) is 32.0 Å². The molecule has 4 nitrogen and oxygen atoms in total. The molecule has 1 aromatic heterocycles. The highest BCUT2D eigenvalue weighted by Gasteiger charge is 2.39. The van der Waals surface area contributed by atoms with Gasteiger partial charge >= 0.3 is 0 Å². The molecule has 0 atom stereocenters. The molecule has 4 heteroatoms. The molecule has 0 unspecified atom stereocenters. The van der Waals surface area contributed by atoms with Crippen LogP contribution in [0.25, 0.3) is 0 Å². The summed E-state index contributed by atoms with van der Waals surface area (Å²) in [6.07, 6.45) is 1.90. The number of rotatable bonds is 3. The van der Waals surface area contributed by atoms with Crippen LogP contribution >= 0.6 is 0 Å². The summed E-state index contributed by atoms with van der Waals surface area (Å²) >= 11 is 0. The molecule has 0 saturated carbocycles. The van der Waals surface area contributed by atoms with Gasteiger partial charge in [-0.15, -0.1) is 0 Å². The lowest BCUT2D eigenvalue weighted by molar-refractivity contribution is -0.0551. The maximum absolute atomic E-state index is 5.14. The summed E-state index contributed by atoms with van der Waals surface area (Å²) in [5.74, 6) is 1.54. The lowest BCUT2D eigenvalue weighted by atomic mass is 9.88. The lowest BCUT2D eigenvalue weighted by Gasteiger charge is -2.34. The van der Waals surface area contributed by atoms with E-state index in [4.69, 9.17) is 9.26 Å². The number of hydrogen-bond donors (Lipinski definition) is 0. The molecule has 0 bridgehead atoms. The van der Waals surface area contributed by atoms with E-state index in [1.807, 2.05) is 0 Å². The quantitative estimate of drug-likeness (QED) is 0.707. The molecule has 2 heterocycles. The molecule has 0 radical (unpaired) electrons. The van der Waals surface area contributed by atoms with E-state index < -0.39 is 0 Å². The van der Waals surface area contributed by atoms with Gasteiger partial charge in [0.1, 0.15) is 0 Å². The predicted octanol–water partition coefficient (Wildman–Crippen LogP) is 1.31. The van der Waals surface area contributed by atoms with E-state index in [1.54, 1.807) is 0 Å². The van der Waals surface area contributed by atoms with Gasteiger partial charge in [0.25, 0.3) is 0 Å². The Hall–Kier alpha value is -0.900. The van der Waals surface area contributed by atoms with Gasteiger partial charge < -0.3 is 9.26 Å². The fourth-order valence-electron chi connectivity index (χ4n) is 1.35. The van der Waals surface area contributed by atoms with Gasteiger partial charge in [0.2, 0.25) is 5.89 Å². The summed E-state index contributed by atoms with van der Waals surface area (Å²) in [5, 5.41) is 3.96. The summed E-state index contributed by atoms with van der Waals surface area (Å²) < 4.78 is 10.3.